The summed E-state index contributed by atoms with van der Waals surface area (Å²) in [6.07, 6.45) is 0. The molecule has 2 heterocycles. The van der Waals surface area contributed by atoms with E-state index in [0.29, 0.717) is 33.8 Å². The van der Waals surface area contributed by atoms with E-state index >= 15 is 0 Å². The van der Waals surface area contributed by atoms with Crippen LogP contribution in [-0.2, 0) is 9.53 Å². The average Bonchev–Trinajstić information content (AvgIpc) is 3.40. The molecule has 0 aliphatic carbocycles. The Labute approximate surface area is 194 Å². The van der Waals surface area contributed by atoms with Gasteiger partial charge in [-0.25, -0.2) is 4.79 Å². The van der Waals surface area contributed by atoms with Crippen molar-refractivity contribution in [1.29, 1.82) is 0 Å². The number of aromatic nitrogens is 4. The molecule has 1 amide bonds. The van der Waals surface area contributed by atoms with Crippen molar-refractivity contribution < 1.29 is 19.1 Å². The van der Waals surface area contributed by atoms with Gasteiger partial charge in [0.05, 0.1) is 24.5 Å². The predicted molar refractivity (Wildman–Crippen MR) is 124 cm³/mol. The molecule has 9 nitrogen and oxygen atoms in total. The Morgan fingerprint density at radius 1 is 1.22 bits per heavy atom. The molecule has 1 N–H and O–H groups in total. The minimum Gasteiger partial charge on any atom is -0.492 e. The number of nitrogens with zero attached hydrogens (tertiary/aromatic N) is 4. The van der Waals surface area contributed by atoms with Crippen molar-refractivity contribution in [3.8, 4) is 11.4 Å². The molecule has 0 aliphatic heterocycles. The topological polar surface area (TPSA) is 108 Å². The van der Waals surface area contributed by atoms with Crippen molar-refractivity contribution in [1.82, 2.24) is 20.2 Å². The molecule has 0 unspecified atom stereocenters. The molecule has 3 aromatic rings. The van der Waals surface area contributed by atoms with Crippen molar-refractivity contribution in [2.75, 3.05) is 24.3 Å². The first kappa shape index (κ1) is 23.7. The van der Waals surface area contributed by atoms with Crippen LogP contribution in [0.25, 0.3) is 5.69 Å². The van der Waals surface area contributed by atoms with Crippen molar-refractivity contribution >= 4 is 40.0 Å². The van der Waals surface area contributed by atoms with Crippen LogP contribution in [0.2, 0.25) is 0 Å². The molecular weight excluding hydrogens is 450 g/mol. The number of nitrogens with one attached hydrogen (secondary N) is 1. The molecule has 32 heavy (non-hydrogen) atoms. The van der Waals surface area contributed by atoms with Crippen LogP contribution in [0.1, 0.15) is 48.8 Å². The Bertz CT molecular complexity index is 1080. The van der Waals surface area contributed by atoms with E-state index in [0.717, 1.165) is 4.88 Å². The summed E-state index contributed by atoms with van der Waals surface area (Å²) in [5, 5.41) is 15.6. The van der Waals surface area contributed by atoms with Gasteiger partial charge in [-0.2, -0.15) is 4.68 Å². The summed E-state index contributed by atoms with van der Waals surface area (Å²) >= 11 is 2.56. The molecule has 0 atom stereocenters. The monoisotopic (exact) mass is 475 g/mol. The first-order valence-electron chi connectivity index (χ1n) is 10.2. The second kappa shape index (κ2) is 11.1. The molecule has 0 fully saturated rings. The van der Waals surface area contributed by atoms with Gasteiger partial charge in [0.15, 0.2) is 0 Å². The SMILES string of the molecule is CCOC(=O)c1cc(C(C)C)sc1NC(=O)CSc1nnnn1-c1ccccc1OCC. The van der Waals surface area contributed by atoms with E-state index in [-0.39, 0.29) is 24.2 Å². The number of para-hydroxylation sites is 2. The molecule has 0 radical (unpaired) electrons. The van der Waals surface area contributed by atoms with Crippen molar-refractivity contribution in [2.45, 2.75) is 38.8 Å². The van der Waals surface area contributed by atoms with Gasteiger partial charge in [-0.3, -0.25) is 4.79 Å². The van der Waals surface area contributed by atoms with Crippen molar-refractivity contribution in [2.24, 2.45) is 0 Å². The van der Waals surface area contributed by atoms with E-state index in [1.165, 1.54) is 27.8 Å². The van der Waals surface area contributed by atoms with Gasteiger partial charge < -0.3 is 14.8 Å². The predicted octanol–water partition coefficient (Wildman–Crippen LogP) is 4.15. The molecular formula is C21H25N5O4S2. The summed E-state index contributed by atoms with van der Waals surface area (Å²) in [4.78, 5) is 26.0. The molecule has 11 heteroatoms. The quantitative estimate of drug-likeness (QED) is 0.344. The normalized spacial score (nSPS) is 10.9. The summed E-state index contributed by atoms with van der Waals surface area (Å²) in [7, 11) is 0. The molecule has 0 bridgehead atoms. The van der Waals surface area contributed by atoms with Gasteiger partial charge >= 0.3 is 5.97 Å². The number of esters is 1. The first-order valence-corrected chi connectivity index (χ1v) is 12.0. The first-order chi connectivity index (χ1) is 15.4. The lowest BCUT2D eigenvalue weighted by Gasteiger charge is -2.10. The smallest absolute Gasteiger partial charge is 0.341 e. The van der Waals surface area contributed by atoms with Crippen LogP contribution in [0.15, 0.2) is 35.5 Å². The zero-order valence-corrected chi connectivity index (χ0v) is 20.0. The Kier molecular flexibility index (Phi) is 8.23. The van der Waals surface area contributed by atoms with Crippen LogP contribution < -0.4 is 10.1 Å². The maximum absolute atomic E-state index is 12.7. The van der Waals surface area contributed by atoms with E-state index in [9.17, 15) is 9.59 Å². The second-order valence-corrected chi connectivity index (χ2v) is 8.90. The highest BCUT2D eigenvalue weighted by Gasteiger charge is 2.21. The van der Waals surface area contributed by atoms with Gasteiger partial charge in [0.1, 0.15) is 16.4 Å². The Morgan fingerprint density at radius 3 is 2.72 bits per heavy atom. The number of hydrogen-bond donors (Lipinski definition) is 1. The number of anilines is 1. The van der Waals surface area contributed by atoms with Gasteiger partial charge in [-0.15, -0.1) is 16.4 Å². The highest BCUT2D eigenvalue weighted by atomic mass is 32.2. The number of benzene rings is 1. The largest absolute Gasteiger partial charge is 0.492 e. The van der Waals surface area contributed by atoms with E-state index in [1.807, 2.05) is 45.0 Å². The fourth-order valence-corrected chi connectivity index (χ4v) is 4.52. The number of carbonyl (C=O) groups is 2. The number of tetrazole rings is 1. The lowest BCUT2D eigenvalue weighted by molar-refractivity contribution is -0.113. The van der Waals surface area contributed by atoms with Crippen molar-refractivity contribution in [3.05, 3.63) is 40.8 Å². The number of rotatable bonds is 10. The van der Waals surface area contributed by atoms with Crippen LogP contribution in [0, 0.1) is 0 Å². The maximum atomic E-state index is 12.7. The van der Waals surface area contributed by atoms with Gasteiger partial charge in [0.25, 0.3) is 0 Å². The number of thioether (sulfide) groups is 1. The minimum absolute atomic E-state index is 0.0638. The molecule has 0 saturated carbocycles. The number of carbonyl (C=O) groups excluding carboxylic acids is 2. The third-order valence-corrected chi connectivity index (χ3v) is 6.51. The van der Waals surface area contributed by atoms with Gasteiger partial charge in [0.2, 0.25) is 11.1 Å². The lowest BCUT2D eigenvalue weighted by atomic mass is 10.1. The fraction of sp³-hybridized carbons (Fsp3) is 0.381. The molecule has 3 rings (SSSR count). The van der Waals surface area contributed by atoms with Crippen LogP contribution in [0.3, 0.4) is 0 Å². The lowest BCUT2D eigenvalue weighted by Crippen LogP contribution is -2.16. The summed E-state index contributed by atoms with van der Waals surface area (Å²) in [5.41, 5.74) is 1.06. The highest BCUT2D eigenvalue weighted by molar-refractivity contribution is 7.99. The maximum Gasteiger partial charge on any atom is 0.341 e. The highest BCUT2D eigenvalue weighted by Crippen LogP contribution is 2.34. The van der Waals surface area contributed by atoms with E-state index < -0.39 is 5.97 Å². The van der Waals surface area contributed by atoms with Gasteiger partial charge in [0, 0.05) is 4.88 Å². The van der Waals surface area contributed by atoms with Crippen LogP contribution in [0.5, 0.6) is 5.75 Å². The third-order valence-electron chi connectivity index (χ3n) is 4.24. The Hall–Kier alpha value is -2.92. The van der Waals surface area contributed by atoms with Gasteiger partial charge in [-0.1, -0.05) is 37.7 Å². The van der Waals surface area contributed by atoms with Crippen LogP contribution in [0.4, 0.5) is 5.00 Å². The van der Waals surface area contributed by atoms with E-state index in [4.69, 9.17) is 9.47 Å². The Balaban J connectivity index is 1.72. The number of amides is 1. The molecule has 1 aromatic carbocycles. The van der Waals surface area contributed by atoms with E-state index in [1.54, 1.807) is 13.0 Å². The average molecular weight is 476 g/mol. The summed E-state index contributed by atoms with van der Waals surface area (Å²) in [6, 6.07) is 9.19. The van der Waals surface area contributed by atoms with Crippen LogP contribution >= 0.6 is 23.1 Å². The summed E-state index contributed by atoms with van der Waals surface area (Å²) in [6.45, 7) is 8.48. The summed E-state index contributed by atoms with van der Waals surface area (Å²) < 4.78 is 12.3. The minimum atomic E-state index is -0.449. The number of ether oxygens (including phenoxy) is 2. The zero-order valence-electron chi connectivity index (χ0n) is 18.3. The van der Waals surface area contributed by atoms with Crippen molar-refractivity contribution in [3.63, 3.8) is 0 Å². The molecule has 2 aromatic heterocycles. The van der Waals surface area contributed by atoms with Gasteiger partial charge in [-0.05, 0) is 48.4 Å². The summed E-state index contributed by atoms with van der Waals surface area (Å²) in [5.74, 6) is 0.213. The number of hydrogen-bond acceptors (Lipinski definition) is 9. The number of thiophene rings is 1. The molecule has 0 spiro atoms. The molecule has 0 aliphatic rings. The fourth-order valence-electron chi connectivity index (χ4n) is 2.77. The zero-order chi connectivity index (χ0) is 23.1. The third kappa shape index (κ3) is 5.65. The standard InChI is InChI=1S/C21H25N5O4S2/c1-5-29-16-10-8-7-9-15(16)26-21(23-24-25-26)31-12-18(27)22-19-14(20(28)30-6-2)11-17(32-19)13(3)4/h7-11,13H,5-6,12H2,1-4H3,(H,22,27). The Morgan fingerprint density at radius 2 is 2.00 bits per heavy atom. The van der Waals surface area contributed by atoms with E-state index in [2.05, 4.69) is 20.8 Å². The second-order valence-electron chi connectivity index (χ2n) is 6.88. The molecule has 0 saturated heterocycles. The molecule has 170 valence electrons. The van der Waals surface area contributed by atoms with Crippen LogP contribution in [-0.4, -0.2) is 51.1 Å².